The summed E-state index contributed by atoms with van der Waals surface area (Å²) >= 11 is 1.61. The highest BCUT2D eigenvalue weighted by atomic mass is 32.1. The zero-order valence-electron chi connectivity index (χ0n) is 10.0. The number of pyridine rings is 1. The Morgan fingerprint density at radius 1 is 1.28 bits per heavy atom. The summed E-state index contributed by atoms with van der Waals surface area (Å²) in [5.74, 6) is 0.558. The van der Waals surface area contributed by atoms with E-state index in [4.69, 9.17) is 10.7 Å². The number of thiophene rings is 1. The molecule has 90 valence electrons. The Bertz CT molecular complexity index is 791. The van der Waals surface area contributed by atoms with Crippen LogP contribution >= 0.6 is 11.3 Å². The maximum atomic E-state index is 5.92. The maximum absolute atomic E-state index is 5.92. The van der Waals surface area contributed by atoms with Crippen molar-refractivity contribution in [1.82, 2.24) is 15.0 Å². The molecule has 0 bridgehead atoms. The Balaban J connectivity index is 2.25. The number of hydrogen-bond acceptors (Lipinski definition) is 5. The summed E-state index contributed by atoms with van der Waals surface area (Å²) in [6, 6.07) is 0. The SMILES string of the molecule is Cc1c2c(nc3sc4c(N)ncnc4c13)CCC2. The Morgan fingerprint density at radius 3 is 3.06 bits per heavy atom. The third kappa shape index (κ3) is 1.17. The highest BCUT2D eigenvalue weighted by Gasteiger charge is 2.21. The van der Waals surface area contributed by atoms with E-state index in [1.165, 1.54) is 35.0 Å². The second-order valence-corrected chi connectivity index (χ2v) is 5.73. The van der Waals surface area contributed by atoms with Crippen molar-refractivity contribution < 1.29 is 0 Å². The molecule has 0 atom stereocenters. The van der Waals surface area contributed by atoms with Gasteiger partial charge in [0.2, 0.25) is 0 Å². The molecular formula is C13H12N4S. The molecule has 18 heavy (non-hydrogen) atoms. The summed E-state index contributed by atoms with van der Waals surface area (Å²) in [5, 5.41) is 1.17. The van der Waals surface area contributed by atoms with E-state index in [1.54, 1.807) is 11.3 Å². The molecule has 0 aromatic carbocycles. The van der Waals surface area contributed by atoms with Crippen molar-refractivity contribution in [1.29, 1.82) is 0 Å². The average Bonchev–Trinajstić information content (AvgIpc) is 2.94. The van der Waals surface area contributed by atoms with Crippen LogP contribution in [0.3, 0.4) is 0 Å². The van der Waals surface area contributed by atoms with E-state index in [9.17, 15) is 0 Å². The molecular weight excluding hydrogens is 244 g/mol. The van der Waals surface area contributed by atoms with Crippen molar-refractivity contribution in [2.45, 2.75) is 26.2 Å². The van der Waals surface area contributed by atoms with Crippen molar-refractivity contribution in [2.75, 3.05) is 5.73 Å². The number of aryl methyl sites for hydroxylation is 2. The van der Waals surface area contributed by atoms with Gasteiger partial charge in [-0.05, 0) is 37.3 Å². The fraction of sp³-hybridized carbons (Fsp3) is 0.308. The Morgan fingerprint density at radius 2 is 2.17 bits per heavy atom. The smallest absolute Gasteiger partial charge is 0.144 e. The van der Waals surface area contributed by atoms with Gasteiger partial charge in [-0.25, -0.2) is 15.0 Å². The van der Waals surface area contributed by atoms with Crippen molar-refractivity contribution in [3.8, 4) is 0 Å². The molecule has 1 aliphatic carbocycles. The Hall–Kier alpha value is -1.75. The molecule has 5 heteroatoms. The minimum Gasteiger partial charge on any atom is -0.382 e. The molecule has 0 aliphatic heterocycles. The van der Waals surface area contributed by atoms with E-state index < -0.39 is 0 Å². The highest BCUT2D eigenvalue weighted by molar-refractivity contribution is 7.25. The van der Waals surface area contributed by atoms with Gasteiger partial charge in [0.05, 0.1) is 10.2 Å². The molecule has 3 heterocycles. The second-order valence-electron chi connectivity index (χ2n) is 4.73. The molecule has 0 radical (unpaired) electrons. The van der Waals surface area contributed by atoms with Gasteiger partial charge in [0, 0.05) is 11.1 Å². The minimum atomic E-state index is 0.558. The second kappa shape index (κ2) is 3.38. The van der Waals surface area contributed by atoms with Gasteiger partial charge in [-0.1, -0.05) is 0 Å². The molecule has 1 aliphatic rings. The van der Waals surface area contributed by atoms with Crippen LogP contribution in [0.5, 0.6) is 0 Å². The van der Waals surface area contributed by atoms with Crippen LogP contribution in [0.4, 0.5) is 5.82 Å². The number of aromatic nitrogens is 3. The third-order valence-corrected chi connectivity index (χ3v) is 4.83. The fourth-order valence-electron chi connectivity index (χ4n) is 2.86. The van der Waals surface area contributed by atoms with Crippen LogP contribution < -0.4 is 5.73 Å². The van der Waals surface area contributed by atoms with Gasteiger partial charge >= 0.3 is 0 Å². The molecule has 0 saturated carbocycles. The number of anilines is 1. The standard InChI is InChI=1S/C13H12N4S/c1-6-7-3-2-4-8(7)17-13-9(6)10-11(18-13)12(14)16-5-15-10/h5H,2-4H2,1H3,(H2,14,15,16). The minimum absolute atomic E-state index is 0.558. The van der Waals surface area contributed by atoms with Crippen LogP contribution in [0.1, 0.15) is 23.2 Å². The third-order valence-electron chi connectivity index (χ3n) is 3.73. The first-order valence-electron chi connectivity index (χ1n) is 6.06. The van der Waals surface area contributed by atoms with Crippen molar-refractivity contribution in [3.63, 3.8) is 0 Å². The Labute approximate surface area is 108 Å². The van der Waals surface area contributed by atoms with E-state index in [0.717, 1.165) is 27.9 Å². The first kappa shape index (κ1) is 10.2. The van der Waals surface area contributed by atoms with Crippen molar-refractivity contribution in [2.24, 2.45) is 0 Å². The number of nitrogens with two attached hydrogens (primary N) is 1. The van der Waals surface area contributed by atoms with E-state index in [2.05, 4.69) is 16.9 Å². The highest BCUT2D eigenvalue weighted by Crippen LogP contribution is 2.39. The van der Waals surface area contributed by atoms with E-state index in [-0.39, 0.29) is 0 Å². The van der Waals surface area contributed by atoms with E-state index in [0.29, 0.717) is 5.82 Å². The summed E-state index contributed by atoms with van der Waals surface area (Å²) in [5.41, 5.74) is 10.9. The maximum Gasteiger partial charge on any atom is 0.144 e. The average molecular weight is 256 g/mol. The lowest BCUT2D eigenvalue weighted by Crippen LogP contribution is -1.93. The molecule has 0 amide bonds. The van der Waals surface area contributed by atoms with Gasteiger partial charge in [-0.15, -0.1) is 11.3 Å². The number of nitrogen functional groups attached to an aromatic ring is 1. The summed E-state index contributed by atoms with van der Waals surface area (Å²) < 4.78 is 0.965. The molecule has 0 unspecified atom stereocenters. The van der Waals surface area contributed by atoms with Crippen LogP contribution in [0, 0.1) is 6.92 Å². The summed E-state index contributed by atoms with van der Waals surface area (Å²) in [7, 11) is 0. The molecule has 0 spiro atoms. The zero-order valence-corrected chi connectivity index (χ0v) is 10.8. The quantitative estimate of drug-likeness (QED) is 0.671. The van der Waals surface area contributed by atoms with Crippen LogP contribution in [0.25, 0.3) is 20.4 Å². The van der Waals surface area contributed by atoms with Crippen LogP contribution in [-0.2, 0) is 12.8 Å². The molecule has 2 N–H and O–H groups in total. The predicted octanol–water partition coefficient (Wildman–Crippen LogP) is 2.62. The number of fused-ring (bicyclic) bond motifs is 4. The zero-order chi connectivity index (χ0) is 12.3. The van der Waals surface area contributed by atoms with Gasteiger partial charge in [0.1, 0.15) is 17.0 Å². The van der Waals surface area contributed by atoms with E-state index >= 15 is 0 Å². The first-order chi connectivity index (χ1) is 8.75. The van der Waals surface area contributed by atoms with Gasteiger partial charge in [0.15, 0.2) is 0 Å². The van der Waals surface area contributed by atoms with Crippen LogP contribution in [-0.4, -0.2) is 15.0 Å². The Kier molecular flexibility index (Phi) is 1.92. The lowest BCUT2D eigenvalue weighted by Gasteiger charge is -2.04. The fourth-order valence-corrected chi connectivity index (χ4v) is 3.97. The summed E-state index contributed by atoms with van der Waals surface area (Å²) in [6.07, 6.45) is 5.00. The van der Waals surface area contributed by atoms with Gasteiger partial charge < -0.3 is 5.73 Å². The first-order valence-corrected chi connectivity index (χ1v) is 6.88. The van der Waals surface area contributed by atoms with Crippen molar-refractivity contribution in [3.05, 3.63) is 23.1 Å². The topological polar surface area (TPSA) is 64.7 Å². The molecule has 4 rings (SSSR count). The van der Waals surface area contributed by atoms with Crippen LogP contribution in [0.15, 0.2) is 6.33 Å². The van der Waals surface area contributed by atoms with E-state index in [1.807, 2.05) is 0 Å². The van der Waals surface area contributed by atoms with Crippen LogP contribution in [0.2, 0.25) is 0 Å². The van der Waals surface area contributed by atoms with Gasteiger partial charge in [0.25, 0.3) is 0 Å². The molecule has 0 saturated heterocycles. The molecule has 0 fully saturated rings. The molecule has 3 aromatic heterocycles. The molecule has 3 aromatic rings. The van der Waals surface area contributed by atoms with Gasteiger partial charge in [-0.3, -0.25) is 0 Å². The summed E-state index contributed by atoms with van der Waals surface area (Å²) in [4.78, 5) is 14.3. The lowest BCUT2D eigenvalue weighted by molar-refractivity contribution is 0.900. The largest absolute Gasteiger partial charge is 0.382 e. The number of rotatable bonds is 0. The predicted molar refractivity (Wildman–Crippen MR) is 73.9 cm³/mol. The number of nitrogens with zero attached hydrogens (tertiary/aromatic N) is 3. The monoisotopic (exact) mass is 256 g/mol. The molecule has 4 nitrogen and oxygen atoms in total. The van der Waals surface area contributed by atoms with Gasteiger partial charge in [-0.2, -0.15) is 0 Å². The normalized spacial score (nSPS) is 14.5. The summed E-state index contributed by atoms with van der Waals surface area (Å²) in [6.45, 7) is 2.18. The number of hydrogen-bond donors (Lipinski definition) is 1. The lowest BCUT2D eigenvalue weighted by atomic mass is 10.1. The van der Waals surface area contributed by atoms with Crippen molar-refractivity contribution >= 4 is 37.6 Å².